The summed E-state index contributed by atoms with van der Waals surface area (Å²) in [5.41, 5.74) is 0. The van der Waals surface area contributed by atoms with Crippen LogP contribution in [0.5, 0.6) is 0 Å². The minimum Gasteiger partial charge on any atom is -0.405 e. The van der Waals surface area contributed by atoms with Gasteiger partial charge in [0, 0.05) is 12.6 Å². The highest BCUT2D eigenvalue weighted by Crippen LogP contribution is 2.37. The number of benzene rings is 2. The first kappa shape index (κ1) is 21.2. The molecule has 0 unspecified atom stereocenters. The van der Waals surface area contributed by atoms with Gasteiger partial charge in [-0.05, 0) is 22.3 Å². The molecule has 2 N–H and O–H groups in total. The molecule has 0 spiro atoms. The van der Waals surface area contributed by atoms with Crippen LogP contribution in [0.1, 0.15) is 27.7 Å². The quantitative estimate of drug-likeness (QED) is 0.732. The van der Waals surface area contributed by atoms with Gasteiger partial charge in [0.15, 0.2) is 0 Å². The summed E-state index contributed by atoms with van der Waals surface area (Å²) >= 11 is 0. The summed E-state index contributed by atoms with van der Waals surface area (Å²) in [7, 11) is -2.57. The van der Waals surface area contributed by atoms with E-state index >= 15 is 0 Å². The molecule has 152 valence electrons. The number of rotatable bonds is 6. The number of aliphatic hydroxyl groups is 1. The molecule has 0 saturated carbocycles. The maximum Gasteiger partial charge on any atom is 0.261 e. The first-order valence-electron chi connectivity index (χ1n) is 10.1. The maximum atomic E-state index is 9.51. The fourth-order valence-electron chi connectivity index (χ4n) is 4.12. The van der Waals surface area contributed by atoms with Crippen molar-refractivity contribution in [1.29, 1.82) is 0 Å². The average molecular weight is 400 g/mol. The van der Waals surface area contributed by atoms with Crippen molar-refractivity contribution < 1.29 is 14.3 Å². The van der Waals surface area contributed by atoms with Crippen LogP contribution < -0.4 is 15.7 Å². The van der Waals surface area contributed by atoms with Gasteiger partial charge >= 0.3 is 0 Å². The number of morpholine rings is 1. The molecule has 1 heterocycles. The van der Waals surface area contributed by atoms with Gasteiger partial charge in [-0.2, -0.15) is 0 Å². The molecule has 1 aliphatic heterocycles. The largest absolute Gasteiger partial charge is 0.405 e. The zero-order chi connectivity index (χ0) is 20.2. The Morgan fingerprint density at radius 2 is 1.57 bits per heavy atom. The van der Waals surface area contributed by atoms with Crippen LogP contribution in [0.25, 0.3) is 0 Å². The summed E-state index contributed by atoms with van der Waals surface area (Å²) in [6, 6.07) is 21.5. The molecule has 0 amide bonds. The summed E-state index contributed by atoms with van der Waals surface area (Å²) in [5.74, 6) is 0. The number of nitrogens with one attached hydrogen (secondary N) is 1. The van der Waals surface area contributed by atoms with Crippen molar-refractivity contribution in [3.05, 3.63) is 60.7 Å². The minimum absolute atomic E-state index is 0.0232. The van der Waals surface area contributed by atoms with Crippen molar-refractivity contribution >= 4 is 18.7 Å². The van der Waals surface area contributed by atoms with E-state index in [-0.39, 0.29) is 29.9 Å². The molecule has 0 radical (unpaired) electrons. The summed E-state index contributed by atoms with van der Waals surface area (Å²) < 4.78 is 13.1. The van der Waals surface area contributed by atoms with E-state index in [0.717, 1.165) is 0 Å². The molecule has 1 saturated heterocycles. The Bertz CT molecular complexity index is 693. The van der Waals surface area contributed by atoms with Crippen LogP contribution in [0.3, 0.4) is 0 Å². The van der Waals surface area contributed by atoms with Crippen molar-refractivity contribution in [2.75, 3.05) is 19.8 Å². The van der Waals surface area contributed by atoms with Crippen LogP contribution in [0.4, 0.5) is 0 Å². The highest BCUT2D eigenvalue weighted by molar-refractivity contribution is 6.99. The fourth-order valence-corrected chi connectivity index (χ4v) is 8.69. The van der Waals surface area contributed by atoms with Gasteiger partial charge in [0.2, 0.25) is 0 Å². The van der Waals surface area contributed by atoms with Gasteiger partial charge in [-0.3, -0.25) is 0 Å². The Hall–Kier alpha value is -1.50. The highest BCUT2D eigenvalue weighted by atomic mass is 28.4. The van der Waals surface area contributed by atoms with Crippen LogP contribution in [-0.2, 0) is 9.16 Å². The predicted molar refractivity (Wildman–Crippen MR) is 117 cm³/mol. The number of hydrogen-bond donors (Lipinski definition) is 2. The van der Waals surface area contributed by atoms with Crippen molar-refractivity contribution in [1.82, 2.24) is 5.32 Å². The van der Waals surface area contributed by atoms with Gasteiger partial charge < -0.3 is 19.6 Å². The lowest BCUT2D eigenvalue weighted by Crippen LogP contribution is -2.68. The molecule has 3 rings (SSSR count). The molecule has 0 aromatic heterocycles. The monoisotopic (exact) mass is 399 g/mol. The van der Waals surface area contributed by atoms with Gasteiger partial charge in [0.1, 0.15) is 0 Å². The van der Waals surface area contributed by atoms with E-state index in [9.17, 15) is 5.11 Å². The van der Waals surface area contributed by atoms with Crippen molar-refractivity contribution in [3.8, 4) is 0 Å². The van der Waals surface area contributed by atoms with E-state index in [2.05, 4.69) is 93.7 Å². The minimum atomic E-state index is -2.57. The van der Waals surface area contributed by atoms with E-state index < -0.39 is 8.32 Å². The normalized spacial score (nSPS) is 23.5. The highest BCUT2D eigenvalue weighted by Gasteiger charge is 2.50. The van der Waals surface area contributed by atoms with Gasteiger partial charge in [0.05, 0.1) is 25.4 Å². The molecule has 5 heteroatoms. The van der Waals surface area contributed by atoms with Crippen LogP contribution in [0.15, 0.2) is 60.7 Å². The summed E-state index contributed by atoms with van der Waals surface area (Å²) in [6.07, 6.45) is -0.267. The third-order valence-electron chi connectivity index (χ3n) is 5.68. The second-order valence-electron chi connectivity index (χ2n) is 8.65. The Morgan fingerprint density at radius 3 is 2.04 bits per heavy atom. The molecule has 3 atom stereocenters. The Kier molecular flexibility index (Phi) is 6.73. The van der Waals surface area contributed by atoms with Crippen LogP contribution in [-0.4, -0.2) is 51.4 Å². The molecule has 4 nitrogen and oxygen atoms in total. The topological polar surface area (TPSA) is 50.7 Å². The van der Waals surface area contributed by atoms with E-state index in [4.69, 9.17) is 9.16 Å². The Balaban J connectivity index is 1.99. The van der Waals surface area contributed by atoms with E-state index in [1.165, 1.54) is 10.4 Å². The number of aliphatic hydroxyl groups excluding tert-OH is 1. The molecule has 1 aliphatic rings. The molecular formula is C23H33NO3Si. The first-order valence-corrected chi connectivity index (χ1v) is 12.0. The third kappa shape index (κ3) is 4.24. The van der Waals surface area contributed by atoms with Gasteiger partial charge in [-0.25, -0.2) is 0 Å². The second kappa shape index (κ2) is 8.89. The maximum absolute atomic E-state index is 9.51. The smallest absolute Gasteiger partial charge is 0.261 e. The number of hydrogen-bond acceptors (Lipinski definition) is 4. The van der Waals surface area contributed by atoms with Crippen LogP contribution >= 0.6 is 0 Å². The standard InChI is InChI=1S/C23H33NO3Si/c1-18-22(27-19(16-25)15-24-18)17-26-28(23(2,3)4,20-11-7-5-8-12-20)21-13-9-6-10-14-21/h5-14,18-19,22,24-25H,15-17H2,1-4H3/t18-,19+,22-/m1/s1. The molecule has 28 heavy (non-hydrogen) atoms. The fraction of sp³-hybridized carbons (Fsp3) is 0.478. The SMILES string of the molecule is C[C@H]1NC[C@@H](CO)O[C@@H]1CO[Si](c1ccccc1)(c1ccccc1)C(C)(C)C. The molecule has 2 aromatic rings. The zero-order valence-electron chi connectivity index (χ0n) is 17.4. The van der Waals surface area contributed by atoms with E-state index in [1.54, 1.807) is 0 Å². The third-order valence-corrected chi connectivity index (χ3v) is 10.7. The van der Waals surface area contributed by atoms with Gasteiger partial charge in [-0.15, -0.1) is 0 Å². The van der Waals surface area contributed by atoms with E-state index in [1.807, 2.05) is 0 Å². The average Bonchev–Trinajstić information content (AvgIpc) is 2.70. The van der Waals surface area contributed by atoms with E-state index in [0.29, 0.717) is 13.2 Å². The number of ether oxygens (including phenoxy) is 1. The second-order valence-corrected chi connectivity index (χ2v) is 13.0. The zero-order valence-corrected chi connectivity index (χ0v) is 18.4. The predicted octanol–water partition coefficient (Wildman–Crippen LogP) is 2.30. The summed E-state index contributed by atoms with van der Waals surface area (Å²) in [6.45, 7) is 10.1. The van der Waals surface area contributed by atoms with Crippen LogP contribution in [0.2, 0.25) is 5.04 Å². The summed E-state index contributed by atoms with van der Waals surface area (Å²) in [5, 5.41) is 15.4. The lowest BCUT2D eigenvalue weighted by atomic mass is 10.1. The Morgan fingerprint density at radius 1 is 1.04 bits per heavy atom. The van der Waals surface area contributed by atoms with Gasteiger partial charge in [0.25, 0.3) is 8.32 Å². The molecule has 1 fully saturated rings. The van der Waals surface area contributed by atoms with Gasteiger partial charge in [-0.1, -0.05) is 81.4 Å². The first-order chi connectivity index (χ1) is 13.4. The molecule has 2 aromatic carbocycles. The molecule has 0 bridgehead atoms. The summed E-state index contributed by atoms with van der Waals surface area (Å²) in [4.78, 5) is 0. The van der Waals surface area contributed by atoms with Crippen molar-refractivity contribution in [3.63, 3.8) is 0 Å². The lowest BCUT2D eigenvalue weighted by molar-refractivity contribution is -0.0945. The molecular weight excluding hydrogens is 366 g/mol. The van der Waals surface area contributed by atoms with Crippen molar-refractivity contribution in [2.24, 2.45) is 0 Å². The Labute approximate surface area is 170 Å². The lowest BCUT2D eigenvalue weighted by Gasteiger charge is -2.45. The van der Waals surface area contributed by atoms with Crippen LogP contribution in [0, 0.1) is 0 Å². The van der Waals surface area contributed by atoms with Crippen molar-refractivity contribution in [2.45, 2.75) is 51.0 Å². The molecule has 0 aliphatic carbocycles.